The topological polar surface area (TPSA) is 61.0 Å². The van der Waals surface area contributed by atoms with Gasteiger partial charge in [-0.1, -0.05) is 0 Å². The van der Waals surface area contributed by atoms with Gasteiger partial charge in [-0.2, -0.15) is 0 Å². The van der Waals surface area contributed by atoms with Crippen LogP contribution in [0, 0.1) is 12.7 Å². The second-order valence-corrected chi connectivity index (χ2v) is 4.21. The van der Waals surface area contributed by atoms with Gasteiger partial charge in [-0.15, -0.1) is 0 Å². The molecular formula is C14H16FN3O. The van der Waals surface area contributed by atoms with E-state index < -0.39 is 5.82 Å². The number of rotatable bonds is 4. The fourth-order valence-corrected chi connectivity index (χ4v) is 1.84. The zero-order chi connectivity index (χ0) is 13.8. The van der Waals surface area contributed by atoms with Crippen LogP contribution < -0.4 is 10.5 Å². The number of methoxy groups -OCH3 is 1. The van der Waals surface area contributed by atoms with Gasteiger partial charge in [-0.3, -0.25) is 0 Å². The molecule has 100 valence electrons. The van der Waals surface area contributed by atoms with E-state index in [9.17, 15) is 4.39 Å². The Bertz CT molecular complexity index is 587. The summed E-state index contributed by atoms with van der Waals surface area (Å²) in [5.41, 5.74) is 8.00. The summed E-state index contributed by atoms with van der Waals surface area (Å²) in [6, 6.07) is 6.48. The van der Waals surface area contributed by atoms with Gasteiger partial charge in [0, 0.05) is 23.4 Å². The van der Waals surface area contributed by atoms with Gasteiger partial charge in [0.1, 0.15) is 0 Å². The van der Waals surface area contributed by atoms with Crippen LogP contribution in [-0.2, 0) is 6.42 Å². The van der Waals surface area contributed by atoms with Gasteiger partial charge in [0.15, 0.2) is 17.4 Å². The lowest BCUT2D eigenvalue weighted by Crippen LogP contribution is -2.06. The molecule has 0 radical (unpaired) electrons. The van der Waals surface area contributed by atoms with E-state index in [4.69, 9.17) is 10.5 Å². The highest BCUT2D eigenvalue weighted by Gasteiger charge is 2.09. The van der Waals surface area contributed by atoms with E-state index in [0.29, 0.717) is 18.8 Å². The van der Waals surface area contributed by atoms with Crippen LogP contribution in [0.5, 0.6) is 5.75 Å². The van der Waals surface area contributed by atoms with Crippen molar-refractivity contribution >= 4 is 0 Å². The Balaban J connectivity index is 2.46. The fourth-order valence-electron chi connectivity index (χ4n) is 1.84. The number of halogens is 1. The number of hydrogen-bond acceptors (Lipinski definition) is 4. The summed E-state index contributed by atoms with van der Waals surface area (Å²) < 4.78 is 18.3. The predicted molar refractivity (Wildman–Crippen MR) is 71.5 cm³/mol. The molecule has 19 heavy (non-hydrogen) atoms. The van der Waals surface area contributed by atoms with E-state index in [1.165, 1.54) is 13.2 Å². The van der Waals surface area contributed by atoms with Crippen molar-refractivity contribution in [1.29, 1.82) is 0 Å². The molecule has 0 aliphatic heterocycles. The smallest absolute Gasteiger partial charge is 0.165 e. The number of benzene rings is 1. The predicted octanol–water partition coefficient (Wildman–Crippen LogP) is 2.10. The van der Waals surface area contributed by atoms with Crippen LogP contribution in [0.25, 0.3) is 11.4 Å². The van der Waals surface area contributed by atoms with E-state index in [-0.39, 0.29) is 5.75 Å². The lowest BCUT2D eigenvalue weighted by atomic mass is 10.1. The third kappa shape index (κ3) is 3.06. The molecule has 0 bridgehead atoms. The van der Waals surface area contributed by atoms with Crippen molar-refractivity contribution in [3.63, 3.8) is 0 Å². The molecule has 1 heterocycles. The van der Waals surface area contributed by atoms with E-state index in [1.54, 1.807) is 12.1 Å². The molecule has 0 saturated heterocycles. The van der Waals surface area contributed by atoms with Gasteiger partial charge >= 0.3 is 0 Å². The number of aromatic nitrogens is 2. The Kier molecular flexibility index (Phi) is 4.06. The average Bonchev–Trinajstić information content (AvgIpc) is 2.39. The highest BCUT2D eigenvalue weighted by atomic mass is 19.1. The molecule has 5 heteroatoms. The summed E-state index contributed by atoms with van der Waals surface area (Å²) in [6.07, 6.45) is 0.689. The van der Waals surface area contributed by atoms with Gasteiger partial charge in [0.05, 0.1) is 7.11 Å². The first-order valence-corrected chi connectivity index (χ1v) is 6.02. The Morgan fingerprint density at radius 1 is 1.26 bits per heavy atom. The molecule has 2 N–H and O–H groups in total. The molecule has 1 aromatic heterocycles. The molecule has 4 nitrogen and oxygen atoms in total. The minimum Gasteiger partial charge on any atom is -0.494 e. The molecule has 0 aliphatic rings. The molecule has 0 aliphatic carbocycles. The molecule has 0 spiro atoms. The zero-order valence-corrected chi connectivity index (χ0v) is 11.0. The quantitative estimate of drug-likeness (QED) is 0.915. The van der Waals surface area contributed by atoms with E-state index in [0.717, 1.165) is 17.0 Å². The number of hydrogen-bond donors (Lipinski definition) is 1. The van der Waals surface area contributed by atoms with Gasteiger partial charge in [-0.25, -0.2) is 14.4 Å². The first kappa shape index (κ1) is 13.4. The zero-order valence-electron chi connectivity index (χ0n) is 11.0. The van der Waals surface area contributed by atoms with Crippen molar-refractivity contribution in [3.05, 3.63) is 41.5 Å². The number of nitrogens with zero attached hydrogens (tertiary/aromatic N) is 2. The van der Waals surface area contributed by atoms with Crippen molar-refractivity contribution in [2.24, 2.45) is 5.73 Å². The molecular weight excluding hydrogens is 245 g/mol. The van der Waals surface area contributed by atoms with Crippen LogP contribution >= 0.6 is 0 Å². The van der Waals surface area contributed by atoms with Crippen LogP contribution in [0.3, 0.4) is 0 Å². The number of nitrogens with two attached hydrogens (primary N) is 1. The van der Waals surface area contributed by atoms with E-state index in [2.05, 4.69) is 9.97 Å². The van der Waals surface area contributed by atoms with Crippen molar-refractivity contribution in [2.45, 2.75) is 13.3 Å². The van der Waals surface area contributed by atoms with Crippen molar-refractivity contribution in [2.75, 3.05) is 13.7 Å². The van der Waals surface area contributed by atoms with Gasteiger partial charge in [0.25, 0.3) is 0 Å². The Morgan fingerprint density at radius 2 is 2.05 bits per heavy atom. The SMILES string of the molecule is COc1cc(-c2nc(C)cc(CCN)n2)ccc1F. The maximum Gasteiger partial charge on any atom is 0.165 e. The summed E-state index contributed by atoms with van der Waals surface area (Å²) in [4.78, 5) is 8.79. The fraction of sp³-hybridized carbons (Fsp3) is 0.286. The molecule has 2 rings (SSSR count). The summed E-state index contributed by atoms with van der Waals surface area (Å²) in [5, 5.41) is 0. The Morgan fingerprint density at radius 3 is 2.74 bits per heavy atom. The minimum atomic E-state index is -0.402. The second kappa shape index (κ2) is 5.75. The van der Waals surface area contributed by atoms with Crippen LogP contribution in [0.15, 0.2) is 24.3 Å². The van der Waals surface area contributed by atoms with Crippen LogP contribution in [0.4, 0.5) is 4.39 Å². The summed E-state index contributed by atoms with van der Waals surface area (Å²) >= 11 is 0. The molecule has 0 atom stereocenters. The normalized spacial score (nSPS) is 10.5. The van der Waals surface area contributed by atoms with Crippen molar-refractivity contribution < 1.29 is 9.13 Å². The molecule has 0 saturated carbocycles. The molecule has 0 amide bonds. The summed E-state index contributed by atoms with van der Waals surface area (Å²) in [5.74, 6) is 0.339. The van der Waals surface area contributed by atoms with Gasteiger partial charge in [-0.05, 0) is 37.7 Å². The lowest BCUT2D eigenvalue weighted by molar-refractivity contribution is 0.386. The van der Waals surface area contributed by atoms with Crippen LogP contribution in [0.2, 0.25) is 0 Å². The molecule has 2 aromatic rings. The highest BCUT2D eigenvalue weighted by Crippen LogP contribution is 2.24. The summed E-state index contributed by atoms with van der Waals surface area (Å²) in [7, 11) is 1.43. The molecule has 0 fully saturated rings. The molecule has 1 aromatic carbocycles. The maximum absolute atomic E-state index is 13.4. The standard InChI is InChI=1S/C14H16FN3O/c1-9-7-11(5-6-16)18-14(17-9)10-3-4-12(15)13(8-10)19-2/h3-4,7-8H,5-6,16H2,1-2H3. The maximum atomic E-state index is 13.4. The van der Waals surface area contributed by atoms with E-state index in [1.807, 2.05) is 13.0 Å². The van der Waals surface area contributed by atoms with Crippen molar-refractivity contribution in [3.8, 4) is 17.1 Å². The highest BCUT2D eigenvalue weighted by molar-refractivity contribution is 5.58. The van der Waals surface area contributed by atoms with E-state index >= 15 is 0 Å². The third-order valence-corrected chi connectivity index (χ3v) is 2.72. The second-order valence-electron chi connectivity index (χ2n) is 4.21. The number of ether oxygens (including phenoxy) is 1. The first-order valence-electron chi connectivity index (χ1n) is 6.02. The average molecular weight is 261 g/mol. The third-order valence-electron chi connectivity index (χ3n) is 2.72. The largest absolute Gasteiger partial charge is 0.494 e. The molecule has 0 unspecified atom stereocenters. The first-order chi connectivity index (χ1) is 9.13. The number of aryl methyl sites for hydroxylation is 1. The lowest BCUT2D eigenvalue weighted by Gasteiger charge is -2.07. The van der Waals surface area contributed by atoms with Gasteiger partial charge < -0.3 is 10.5 Å². The monoisotopic (exact) mass is 261 g/mol. The van der Waals surface area contributed by atoms with Crippen LogP contribution in [0.1, 0.15) is 11.4 Å². The Labute approximate surface area is 111 Å². The summed E-state index contributed by atoms with van der Waals surface area (Å²) in [6.45, 7) is 2.43. The van der Waals surface area contributed by atoms with Crippen molar-refractivity contribution in [1.82, 2.24) is 9.97 Å². The Hall–Kier alpha value is -2.01. The van der Waals surface area contributed by atoms with Gasteiger partial charge in [0.2, 0.25) is 0 Å². The minimum absolute atomic E-state index is 0.183. The van der Waals surface area contributed by atoms with Crippen LogP contribution in [-0.4, -0.2) is 23.6 Å².